The zero-order valence-electron chi connectivity index (χ0n) is 23.5. The van der Waals surface area contributed by atoms with Crippen LogP contribution in [0.4, 0.5) is 5.69 Å². The third-order valence-corrected chi connectivity index (χ3v) is 7.39. The van der Waals surface area contributed by atoms with Gasteiger partial charge in [-0.3, -0.25) is 19.5 Å². The first-order valence-corrected chi connectivity index (χ1v) is 13.5. The third-order valence-electron chi connectivity index (χ3n) is 7.39. The van der Waals surface area contributed by atoms with E-state index in [1.54, 1.807) is 15.8 Å². The number of para-hydroxylation sites is 1. The molecule has 2 heterocycles. The topological polar surface area (TPSA) is 93.0 Å². The normalized spacial score (nSPS) is 12.4. The number of pyridine rings is 1. The summed E-state index contributed by atoms with van der Waals surface area (Å²) in [6, 6.07) is 22.1. The quantitative estimate of drug-likeness (QED) is 0.277. The number of hydrogen-bond donors (Lipinski definition) is 1. The van der Waals surface area contributed by atoms with Crippen LogP contribution in [0.1, 0.15) is 49.9 Å². The Morgan fingerprint density at radius 1 is 0.975 bits per heavy atom. The number of carbonyl (C=O) groups excluding carboxylic acids is 2. The number of aryl methyl sites for hydroxylation is 2. The van der Waals surface area contributed by atoms with Crippen molar-refractivity contribution in [1.29, 1.82) is 0 Å². The second-order valence-electron chi connectivity index (χ2n) is 10.9. The van der Waals surface area contributed by atoms with Gasteiger partial charge in [0.1, 0.15) is 18.1 Å². The number of hydrogen-bond acceptors (Lipinski definition) is 5. The van der Waals surface area contributed by atoms with Gasteiger partial charge in [-0.2, -0.15) is 0 Å². The fraction of sp³-hybridized carbons (Fsp3) is 0.281. The molecule has 5 rings (SSSR count). The van der Waals surface area contributed by atoms with Crippen molar-refractivity contribution < 1.29 is 9.59 Å². The van der Waals surface area contributed by atoms with Crippen molar-refractivity contribution in [2.45, 2.75) is 59.2 Å². The van der Waals surface area contributed by atoms with Gasteiger partial charge in [0.15, 0.2) is 0 Å². The van der Waals surface area contributed by atoms with Crippen molar-refractivity contribution in [1.82, 2.24) is 25.3 Å². The van der Waals surface area contributed by atoms with E-state index in [1.807, 2.05) is 107 Å². The van der Waals surface area contributed by atoms with Crippen LogP contribution in [0, 0.1) is 13.8 Å². The fourth-order valence-electron chi connectivity index (χ4n) is 4.81. The van der Waals surface area contributed by atoms with E-state index in [4.69, 9.17) is 0 Å². The second kappa shape index (κ2) is 10.9. The lowest BCUT2D eigenvalue weighted by molar-refractivity contribution is -0.128. The third kappa shape index (κ3) is 5.43. The maximum atomic E-state index is 14.4. The van der Waals surface area contributed by atoms with E-state index >= 15 is 0 Å². The van der Waals surface area contributed by atoms with Gasteiger partial charge < -0.3 is 5.32 Å². The molecule has 0 spiro atoms. The number of rotatable bonds is 8. The van der Waals surface area contributed by atoms with Gasteiger partial charge >= 0.3 is 0 Å². The van der Waals surface area contributed by atoms with E-state index in [1.165, 1.54) is 0 Å². The highest BCUT2D eigenvalue weighted by molar-refractivity contribution is 6.02. The molecule has 1 atom stereocenters. The summed E-state index contributed by atoms with van der Waals surface area (Å²) < 4.78 is 1.59. The highest BCUT2D eigenvalue weighted by Gasteiger charge is 2.36. The van der Waals surface area contributed by atoms with Crippen molar-refractivity contribution in [2.75, 3.05) is 4.90 Å². The molecular formula is C32H34N6O2. The number of nitrogens with one attached hydrogen (secondary N) is 1. The Morgan fingerprint density at radius 2 is 1.77 bits per heavy atom. The molecule has 0 aliphatic heterocycles. The molecule has 0 aliphatic carbocycles. The first kappa shape index (κ1) is 27.0. The van der Waals surface area contributed by atoms with Crippen LogP contribution >= 0.6 is 0 Å². The summed E-state index contributed by atoms with van der Waals surface area (Å²) in [5.41, 5.74) is 5.05. The van der Waals surface area contributed by atoms with Crippen LogP contribution in [-0.2, 0) is 16.1 Å². The fourth-order valence-corrected chi connectivity index (χ4v) is 4.81. The summed E-state index contributed by atoms with van der Waals surface area (Å²) in [7, 11) is 0. The Bertz CT molecular complexity index is 1710. The lowest BCUT2D eigenvalue weighted by Gasteiger charge is -2.35. The molecule has 0 saturated heterocycles. The van der Waals surface area contributed by atoms with Gasteiger partial charge in [-0.1, -0.05) is 48.5 Å². The molecule has 40 heavy (non-hydrogen) atoms. The molecule has 0 radical (unpaired) electrons. The van der Waals surface area contributed by atoms with Crippen LogP contribution in [0.5, 0.6) is 0 Å². The summed E-state index contributed by atoms with van der Waals surface area (Å²) in [5.74, 6) is -0.530. The zero-order valence-corrected chi connectivity index (χ0v) is 23.5. The number of amides is 2. The molecule has 0 unspecified atom stereocenters. The van der Waals surface area contributed by atoms with E-state index in [9.17, 15) is 9.59 Å². The Balaban J connectivity index is 1.68. The maximum Gasteiger partial charge on any atom is 0.249 e. The van der Waals surface area contributed by atoms with Gasteiger partial charge in [0.25, 0.3) is 0 Å². The number of aromatic nitrogens is 4. The lowest BCUT2D eigenvalue weighted by Crippen LogP contribution is -2.51. The molecule has 8 nitrogen and oxygen atoms in total. The minimum Gasteiger partial charge on any atom is -0.349 e. The van der Waals surface area contributed by atoms with Gasteiger partial charge in [-0.15, -0.1) is 5.10 Å². The first-order chi connectivity index (χ1) is 19.2. The number of fused-ring (bicyclic) bond motifs is 2. The Labute approximate surface area is 234 Å². The molecule has 5 aromatic rings. The van der Waals surface area contributed by atoms with Crippen molar-refractivity contribution in [3.05, 3.63) is 95.7 Å². The van der Waals surface area contributed by atoms with E-state index in [0.717, 1.165) is 34.0 Å². The molecule has 2 aromatic heterocycles. The molecule has 0 fully saturated rings. The predicted molar refractivity (Wildman–Crippen MR) is 158 cm³/mol. The Hall–Kier alpha value is -4.59. The molecule has 0 saturated carbocycles. The highest BCUT2D eigenvalue weighted by Crippen LogP contribution is 2.33. The average Bonchev–Trinajstić information content (AvgIpc) is 3.35. The van der Waals surface area contributed by atoms with E-state index in [-0.39, 0.29) is 18.4 Å². The molecular weight excluding hydrogens is 500 g/mol. The summed E-state index contributed by atoms with van der Waals surface area (Å²) >= 11 is 0. The highest BCUT2D eigenvalue weighted by atomic mass is 16.2. The maximum absolute atomic E-state index is 14.4. The average molecular weight is 535 g/mol. The van der Waals surface area contributed by atoms with Crippen molar-refractivity contribution in [3.63, 3.8) is 0 Å². The zero-order chi connectivity index (χ0) is 28.4. The lowest BCUT2D eigenvalue weighted by atomic mass is 9.96. The van der Waals surface area contributed by atoms with Crippen LogP contribution in [0.25, 0.3) is 21.9 Å². The molecule has 2 amide bonds. The number of carbonyl (C=O) groups is 2. The summed E-state index contributed by atoms with van der Waals surface area (Å²) in [5, 5.41) is 12.6. The van der Waals surface area contributed by atoms with Gasteiger partial charge in [0, 0.05) is 22.8 Å². The molecule has 0 aliphatic rings. The Kier molecular flexibility index (Phi) is 7.34. The van der Waals surface area contributed by atoms with Gasteiger partial charge in [0.2, 0.25) is 11.8 Å². The van der Waals surface area contributed by atoms with E-state index in [0.29, 0.717) is 16.8 Å². The van der Waals surface area contributed by atoms with Crippen molar-refractivity contribution in [2.24, 2.45) is 0 Å². The standard InChI is InChI=1S/C32H34N6O2/c1-6-32(4,5)34-31(40)30(24-15-16-25-23(19-24)10-9-17-33-25)38(28-18-21(2)13-14-22(28)3)29(39)20-37-27-12-8-7-11-26(27)35-36-37/h7-19,30H,6,20H2,1-5H3,(H,34,40)/t30-/m0/s1. The van der Waals surface area contributed by atoms with Gasteiger partial charge in [-0.25, -0.2) is 4.68 Å². The smallest absolute Gasteiger partial charge is 0.249 e. The number of anilines is 1. The SMILES string of the molecule is CCC(C)(C)NC(=O)[C@H](c1ccc2ncccc2c1)N(C(=O)Cn1nnc2ccccc21)c1cc(C)ccc1C. The Morgan fingerprint density at radius 3 is 2.58 bits per heavy atom. The van der Waals surface area contributed by atoms with Gasteiger partial charge in [-0.05, 0) is 87.2 Å². The summed E-state index contributed by atoms with van der Waals surface area (Å²) in [6.07, 6.45) is 2.47. The van der Waals surface area contributed by atoms with Crippen LogP contribution in [0.3, 0.4) is 0 Å². The first-order valence-electron chi connectivity index (χ1n) is 13.5. The molecule has 204 valence electrons. The number of nitrogens with zero attached hydrogens (tertiary/aromatic N) is 5. The molecule has 0 bridgehead atoms. The largest absolute Gasteiger partial charge is 0.349 e. The van der Waals surface area contributed by atoms with Gasteiger partial charge in [0.05, 0.1) is 11.0 Å². The molecule has 3 aromatic carbocycles. The summed E-state index contributed by atoms with van der Waals surface area (Å²) in [4.78, 5) is 34.7. The van der Waals surface area contributed by atoms with Crippen LogP contribution in [-0.4, -0.2) is 37.3 Å². The monoisotopic (exact) mass is 534 g/mol. The minimum atomic E-state index is -0.932. The van der Waals surface area contributed by atoms with Crippen molar-refractivity contribution >= 4 is 39.4 Å². The second-order valence-corrected chi connectivity index (χ2v) is 10.9. The summed E-state index contributed by atoms with van der Waals surface area (Å²) in [6.45, 7) is 9.85. The van der Waals surface area contributed by atoms with E-state index in [2.05, 4.69) is 20.6 Å². The van der Waals surface area contributed by atoms with Crippen LogP contribution in [0.2, 0.25) is 0 Å². The minimum absolute atomic E-state index is 0.0794. The predicted octanol–water partition coefficient (Wildman–Crippen LogP) is 5.68. The van der Waals surface area contributed by atoms with Crippen molar-refractivity contribution in [3.8, 4) is 0 Å². The number of benzene rings is 3. The van der Waals surface area contributed by atoms with E-state index < -0.39 is 11.6 Å². The van der Waals surface area contributed by atoms with Crippen LogP contribution in [0.15, 0.2) is 79.0 Å². The van der Waals surface area contributed by atoms with Crippen LogP contribution < -0.4 is 10.2 Å². The molecule has 8 heteroatoms. The molecule has 1 N–H and O–H groups in total.